The molecule has 2 aromatic rings. The van der Waals surface area contributed by atoms with Gasteiger partial charge >= 0.3 is 0 Å². The van der Waals surface area contributed by atoms with Gasteiger partial charge in [0.1, 0.15) is 0 Å². The Bertz CT molecular complexity index is 501. The molecule has 0 aliphatic heterocycles. The first-order valence-electron chi connectivity index (χ1n) is 7.40. The van der Waals surface area contributed by atoms with Crippen LogP contribution in [0, 0.1) is 0 Å². The zero-order valence-electron chi connectivity index (χ0n) is 11.8. The predicted molar refractivity (Wildman–Crippen MR) is 89.8 cm³/mol. The van der Waals surface area contributed by atoms with Gasteiger partial charge in [-0.2, -0.15) is 0 Å². The van der Waals surface area contributed by atoms with E-state index >= 15 is 0 Å². The molecule has 0 aromatic carbocycles. The Labute approximate surface area is 133 Å². The van der Waals surface area contributed by atoms with Crippen molar-refractivity contribution in [3.63, 3.8) is 0 Å². The zero-order chi connectivity index (χ0) is 14.0. The minimum absolute atomic E-state index is 0.932. The van der Waals surface area contributed by atoms with Crippen LogP contribution in [0.2, 0.25) is 0 Å². The van der Waals surface area contributed by atoms with Crippen molar-refractivity contribution in [1.29, 1.82) is 0 Å². The maximum Gasteiger partial charge on any atom is 0.195 e. The Balaban J connectivity index is 1.57. The topological polar surface area (TPSA) is 30.2 Å². The first-order valence-corrected chi connectivity index (χ1v) is 9.51. The van der Waals surface area contributed by atoms with Crippen molar-refractivity contribution in [2.45, 2.75) is 50.1 Å². The number of rotatable bonds is 10. The predicted octanol–water partition coefficient (Wildman–Crippen LogP) is 4.95. The molecule has 0 fully saturated rings. The average molecular weight is 356 g/mol. The van der Waals surface area contributed by atoms with Gasteiger partial charge in [-0.05, 0) is 25.0 Å². The summed E-state index contributed by atoms with van der Waals surface area (Å²) in [5, 5.41) is 10.6. The van der Waals surface area contributed by atoms with Crippen molar-refractivity contribution < 1.29 is 0 Å². The quantitative estimate of drug-likeness (QED) is 0.343. The first-order chi connectivity index (χ1) is 9.92. The summed E-state index contributed by atoms with van der Waals surface area (Å²) in [5.41, 5.74) is 0.932. The lowest BCUT2D eigenvalue weighted by Gasteiger charge is -2.01. The number of thioether (sulfide) groups is 1. The molecule has 0 atom stereocenters. The molecule has 0 aliphatic carbocycles. The van der Waals surface area contributed by atoms with E-state index in [0.717, 1.165) is 21.9 Å². The van der Waals surface area contributed by atoms with Crippen molar-refractivity contribution in [2.75, 3.05) is 11.1 Å². The number of aromatic nitrogens is 3. The van der Waals surface area contributed by atoms with Crippen LogP contribution in [0.1, 0.15) is 44.9 Å². The molecule has 3 nitrogen and oxygen atoms in total. The lowest BCUT2D eigenvalue weighted by atomic mass is 10.1. The maximum absolute atomic E-state index is 4.23. The lowest BCUT2D eigenvalue weighted by Crippen LogP contribution is -1.88. The fourth-order valence-electron chi connectivity index (χ4n) is 2.16. The molecule has 5 heteroatoms. The van der Waals surface area contributed by atoms with Gasteiger partial charge in [-0.3, -0.25) is 4.40 Å². The van der Waals surface area contributed by atoms with Crippen LogP contribution in [0.3, 0.4) is 0 Å². The van der Waals surface area contributed by atoms with Gasteiger partial charge in [-0.1, -0.05) is 65.9 Å². The smallest absolute Gasteiger partial charge is 0.195 e. The maximum atomic E-state index is 4.23. The van der Waals surface area contributed by atoms with Gasteiger partial charge in [0.2, 0.25) is 0 Å². The Kier molecular flexibility index (Phi) is 7.44. The molecule has 2 aromatic heterocycles. The molecule has 2 rings (SSSR count). The highest BCUT2D eigenvalue weighted by Crippen LogP contribution is 2.19. The summed E-state index contributed by atoms with van der Waals surface area (Å²) in [6, 6.07) is 6.01. The number of pyridine rings is 1. The van der Waals surface area contributed by atoms with E-state index in [4.69, 9.17) is 0 Å². The van der Waals surface area contributed by atoms with Crippen molar-refractivity contribution in [3.8, 4) is 0 Å². The van der Waals surface area contributed by atoms with Crippen molar-refractivity contribution >= 4 is 33.3 Å². The molecule has 0 saturated heterocycles. The number of nitrogens with zero attached hydrogens (tertiary/aromatic N) is 3. The second-order valence-electron chi connectivity index (χ2n) is 4.92. The second-order valence-corrected chi connectivity index (χ2v) is 6.78. The van der Waals surface area contributed by atoms with E-state index in [1.165, 1.54) is 44.9 Å². The van der Waals surface area contributed by atoms with E-state index in [0.29, 0.717) is 0 Å². The van der Waals surface area contributed by atoms with Gasteiger partial charge in [0.05, 0.1) is 0 Å². The van der Waals surface area contributed by atoms with Crippen LogP contribution in [0.4, 0.5) is 0 Å². The number of alkyl halides is 1. The summed E-state index contributed by atoms with van der Waals surface area (Å²) in [5.74, 6) is 1.14. The van der Waals surface area contributed by atoms with E-state index in [1.54, 1.807) is 0 Å². The molecule has 0 radical (unpaired) electrons. The highest BCUT2D eigenvalue weighted by Gasteiger charge is 2.04. The van der Waals surface area contributed by atoms with Crippen LogP contribution in [-0.2, 0) is 0 Å². The third kappa shape index (κ3) is 5.09. The third-order valence-corrected chi connectivity index (χ3v) is 4.88. The highest BCUT2D eigenvalue weighted by atomic mass is 79.9. The number of halogens is 1. The molecule has 20 heavy (non-hydrogen) atoms. The number of hydrogen-bond acceptors (Lipinski definition) is 3. The summed E-state index contributed by atoms with van der Waals surface area (Å²) in [7, 11) is 0. The minimum atomic E-state index is 0.932. The van der Waals surface area contributed by atoms with E-state index in [-0.39, 0.29) is 0 Å². The molecule has 2 heterocycles. The molecule has 0 N–H and O–H groups in total. The molecule has 0 unspecified atom stereocenters. The van der Waals surface area contributed by atoms with Crippen LogP contribution in [-0.4, -0.2) is 25.7 Å². The minimum Gasteiger partial charge on any atom is -0.277 e. The summed E-state index contributed by atoms with van der Waals surface area (Å²) in [6.45, 7) is 0. The van der Waals surface area contributed by atoms with Gasteiger partial charge in [0, 0.05) is 17.3 Å². The van der Waals surface area contributed by atoms with Crippen LogP contribution in [0.25, 0.3) is 5.65 Å². The lowest BCUT2D eigenvalue weighted by molar-refractivity contribution is 0.606. The van der Waals surface area contributed by atoms with Gasteiger partial charge in [-0.15, -0.1) is 10.2 Å². The van der Waals surface area contributed by atoms with Crippen LogP contribution in [0.15, 0.2) is 29.6 Å². The highest BCUT2D eigenvalue weighted by molar-refractivity contribution is 9.09. The molecule has 0 saturated carbocycles. The van der Waals surface area contributed by atoms with Crippen LogP contribution >= 0.6 is 27.7 Å². The summed E-state index contributed by atoms with van der Waals surface area (Å²) >= 11 is 5.28. The second kappa shape index (κ2) is 9.40. The normalized spacial score (nSPS) is 11.2. The zero-order valence-corrected chi connectivity index (χ0v) is 14.2. The summed E-state index contributed by atoms with van der Waals surface area (Å²) in [6.07, 6.45) is 11.4. The molecule has 0 amide bonds. The molecular weight excluding hydrogens is 334 g/mol. The number of unbranched alkanes of at least 4 members (excludes halogenated alkanes) is 6. The fraction of sp³-hybridized carbons (Fsp3) is 0.600. The SMILES string of the molecule is BrCCCCCCCCCSc1nnc2ccccn12. The first kappa shape index (κ1) is 15.8. The standard InChI is InChI=1S/C15H22BrN3S/c16-11-7-4-2-1-3-5-9-13-20-15-18-17-14-10-6-8-12-19(14)15/h6,8,10,12H,1-5,7,9,11,13H2. The number of hydrogen-bond donors (Lipinski definition) is 0. The third-order valence-electron chi connectivity index (χ3n) is 3.29. The Hall–Kier alpha value is -0.550. The van der Waals surface area contributed by atoms with Crippen LogP contribution in [0.5, 0.6) is 0 Å². The van der Waals surface area contributed by atoms with Gasteiger partial charge in [0.25, 0.3) is 0 Å². The molecule has 0 aliphatic rings. The number of fused-ring (bicyclic) bond motifs is 1. The van der Waals surface area contributed by atoms with E-state index in [2.05, 4.69) is 30.5 Å². The van der Waals surface area contributed by atoms with Gasteiger partial charge in [-0.25, -0.2) is 0 Å². The molecular formula is C15H22BrN3S. The summed E-state index contributed by atoms with van der Waals surface area (Å²) in [4.78, 5) is 0. The Morgan fingerprint density at radius 3 is 2.50 bits per heavy atom. The van der Waals surface area contributed by atoms with E-state index < -0.39 is 0 Å². The van der Waals surface area contributed by atoms with Gasteiger partial charge < -0.3 is 0 Å². The fourth-order valence-corrected chi connectivity index (χ4v) is 3.48. The van der Waals surface area contributed by atoms with Crippen molar-refractivity contribution in [1.82, 2.24) is 14.6 Å². The van der Waals surface area contributed by atoms with Gasteiger partial charge in [0.15, 0.2) is 10.8 Å². The largest absolute Gasteiger partial charge is 0.277 e. The van der Waals surface area contributed by atoms with Crippen LogP contribution < -0.4 is 0 Å². The molecule has 110 valence electrons. The molecule has 0 spiro atoms. The van der Waals surface area contributed by atoms with Crippen molar-refractivity contribution in [3.05, 3.63) is 24.4 Å². The van der Waals surface area contributed by atoms with E-state index in [9.17, 15) is 0 Å². The summed E-state index contributed by atoms with van der Waals surface area (Å²) < 4.78 is 2.06. The average Bonchev–Trinajstić information content (AvgIpc) is 2.89. The Morgan fingerprint density at radius 1 is 0.950 bits per heavy atom. The van der Waals surface area contributed by atoms with E-state index in [1.807, 2.05) is 36.2 Å². The van der Waals surface area contributed by atoms with Crippen molar-refractivity contribution in [2.24, 2.45) is 0 Å². The monoisotopic (exact) mass is 355 g/mol. The molecule has 0 bridgehead atoms. The Morgan fingerprint density at radius 2 is 1.70 bits per heavy atom.